The van der Waals surface area contributed by atoms with Crippen molar-refractivity contribution in [2.75, 3.05) is 29.4 Å². The van der Waals surface area contributed by atoms with Crippen LogP contribution < -0.4 is 20.4 Å². The molecule has 0 fully saturated rings. The molecule has 0 aliphatic carbocycles. The number of hydrogen-bond donors (Lipinski definition) is 2. The second kappa shape index (κ2) is 15.2. The first-order chi connectivity index (χ1) is 20.5. The van der Waals surface area contributed by atoms with E-state index in [-0.39, 0.29) is 41.9 Å². The molecular formula is C33H36N4O6. The van der Waals surface area contributed by atoms with Crippen LogP contribution in [-0.2, 0) is 32.0 Å². The molecule has 0 radical (unpaired) electrons. The molecule has 0 bridgehead atoms. The lowest BCUT2D eigenvalue weighted by atomic mass is 10.1. The van der Waals surface area contributed by atoms with E-state index >= 15 is 0 Å². The van der Waals surface area contributed by atoms with Crippen molar-refractivity contribution in [3.05, 3.63) is 95.1 Å². The van der Waals surface area contributed by atoms with Gasteiger partial charge in [0.15, 0.2) is 0 Å². The van der Waals surface area contributed by atoms with Crippen molar-refractivity contribution >= 4 is 46.7 Å². The summed E-state index contributed by atoms with van der Waals surface area (Å²) in [5.41, 5.74) is 3.89. The number of benzene rings is 3. The summed E-state index contributed by atoms with van der Waals surface area (Å²) in [7, 11) is 0. The monoisotopic (exact) mass is 584 g/mol. The van der Waals surface area contributed by atoms with Crippen LogP contribution in [0.3, 0.4) is 0 Å². The fraction of sp³-hybridized carbons (Fsp3) is 0.273. The quantitative estimate of drug-likeness (QED) is 0.335. The van der Waals surface area contributed by atoms with Crippen LogP contribution in [-0.4, -0.2) is 55.0 Å². The molecule has 2 N–H and O–H groups in total. The van der Waals surface area contributed by atoms with E-state index in [1.807, 2.05) is 24.3 Å². The van der Waals surface area contributed by atoms with Crippen LogP contribution in [0.5, 0.6) is 0 Å². The number of hydrogen-bond acceptors (Lipinski definition) is 6. The van der Waals surface area contributed by atoms with Crippen molar-refractivity contribution in [2.24, 2.45) is 0 Å². The summed E-state index contributed by atoms with van der Waals surface area (Å²) in [5.74, 6) is -1.56. The highest BCUT2D eigenvalue weighted by atomic mass is 16.2. The van der Waals surface area contributed by atoms with Crippen LogP contribution in [0.4, 0.5) is 11.4 Å². The molecule has 10 heteroatoms. The van der Waals surface area contributed by atoms with Crippen LogP contribution >= 0.6 is 0 Å². The van der Waals surface area contributed by atoms with Gasteiger partial charge in [-0.25, -0.2) is 0 Å². The molecule has 43 heavy (non-hydrogen) atoms. The number of carbonyl (C=O) groups is 6. The molecule has 224 valence electrons. The van der Waals surface area contributed by atoms with Crippen molar-refractivity contribution in [2.45, 2.75) is 40.5 Å². The molecule has 0 aliphatic heterocycles. The zero-order chi connectivity index (χ0) is 31.5. The first kappa shape index (κ1) is 32.4. The van der Waals surface area contributed by atoms with Gasteiger partial charge < -0.3 is 15.5 Å². The van der Waals surface area contributed by atoms with E-state index < -0.39 is 0 Å². The zero-order valence-electron chi connectivity index (χ0n) is 24.8. The largest absolute Gasteiger partial charge is 0.352 e. The molecule has 0 atom stereocenters. The molecule has 0 aromatic heterocycles. The average molecular weight is 585 g/mol. The Morgan fingerprint density at radius 2 is 0.930 bits per heavy atom. The molecule has 10 nitrogen and oxygen atoms in total. The van der Waals surface area contributed by atoms with E-state index in [4.69, 9.17) is 0 Å². The van der Waals surface area contributed by atoms with Gasteiger partial charge in [-0.2, -0.15) is 0 Å². The van der Waals surface area contributed by atoms with Gasteiger partial charge in [-0.1, -0.05) is 24.3 Å². The Hall–Kier alpha value is -5.12. The molecule has 3 aromatic rings. The van der Waals surface area contributed by atoms with Gasteiger partial charge in [-0.3, -0.25) is 33.7 Å². The number of amides is 5. The summed E-state index contributed by atoms with van der Waals surface area (Å²) in [6.45, 7) is 6.31. The number of nitrogens with one attached hydrogen (secondary N) is 2. The van der Waals surface area contributed by atoms with Crippen LogP contribution in [0.1, 0.15) is 59.5 Å². The van der Waals surface area contributed by atoms with Crippen molar-refractivity contribution in [3.8, 4) is 0 Å². The molecule has 3 rings (SSSR count). The van der Waals surface area contributed by atoms with Crippen molar-refractivity contribution < 1.29 is 28.8 Å². The van der Waals surface area contributed by atoms with Gasteiger partial charge in [0.25, 0.3) is 11.8 Å². The molecule has 0 unspecified atom stereocenters. The Balaban J connectivity index is 1.44. The first-order valence-corrected chi connectivity index (χ1v) is 13.9. The first-order valence-electron chi connectivity index (χ1n) is 13.9. The highest BCUT2D eigenvalue weighted by Gasteiger charge is 2.16. The van der Waals surface area contributed by atoms with Gasteiger partial charge in [-0.05, 0) is 79.4 Å². The zero-order valence-corrected chi connectivity index (χ0v) is 24.8. The SMILES string of the molecule is CC(=O)CN(C(C)=O)c1ccc(CCNC(=O)c2ccc(C(=O)NCCc3ccc(N(C(C)=O)C(C)=O)cc3)cc2)cc1. The van der Waals surface area contributed by atoms with Crippen LogP contribution in [0.15, 0.2) is 72.8 Å². The minimum absolute atomic E-state index is 0.0205. The number of anilines is 2. The van der Waals surface area contributed by atoms with Gasteiger partial charge in [-0.15, -0.1) is 0 Å². The fourth-order valence-electron chi connectivity index (χ4n) is 4.46. The van der Waals surface area contributed by atoms with Crippen molar-refractivity contribution in [3.63, 3.8) is 0 Å². The van der Waals surface area contributed by atoms with Crippen molar-refractivity contribution in [1.29, 1.82) is 0 Å². The smallest absolute Gasteiger partial charge is 0.251 e. The summed E-state index contributed by atoms with van der Waals surface area (Å²) in [5, 5.41) is 5.72. The number of rotatable bonds is 12. The second-order valence-corrected chi connectivity index (χ2v) is 10.1. The lowest BCUT2D eigenvalue weighted by Crippen LogP contribution is -2.33. The molecule has 3 aromatic carbocycles. The number of Topliss-reactive ketones (excluding diaryl/α,β-unsaturated/α-hetero) is 1. The molecule has 0 saturated heterocycles. The highest BCUT2D eigenvalue weighted by Crippen LogP contribution is 2.17. The van der Waals surface area contributed by atoms with Gasteiger partial charge >= 0.3 is 0 Å². The third-order valence-corrected chi connectivity index (χ3v) is 6.64. The summed E-state index contributed by atoms with van der Waals surface area (Å²) in [6, 6.07) is 20.7. The summed E-state index contributed by atoms with van der Waals surface area (Å²) in [6.07, 6.45) is 1.14. The number of ketones is 1. The van der Waals surface area contributed by atoms with E-state index in [0.29, 0.717) is 48.4 Å². The maximum atomic E-state index is 12.6. The average Bonchev–Trinajstić information content (AvgIpc) is 2.96. The Morgan fingerprint density at radius 3 is 1.28 bits per heavy atom. The summed E-state index contributed by atoms with van der Waals surface area (Å²) in [4.78, 5) is 74.3. The topological polar surface area (TPSA) is 133 Å². The minimum atomic E-state index is -0.357. The van der Waals surface area contributed by atoms with Gasteiger partial charge in [0, 0.05) is 50.7 Å². The molecule has 0 spiro atoms. The molecule has 0 aliphatic rings. The number of nitrogens with zero attached hydrogens (tertiary/aromatic N) is 2. The Morgan fingerprint density at radius 1 is 0.535 bits per heavy atom. The summed E-state index contributed by atoms with van der Waals surface area (Å²) >= 11 is 0. The van der Waals surface area contributed by atoms with Gasteiger partial charge in [0.2, 0.25) is 17.7 Å². The molecule has 0 saturated carbocycles. The standard InChI is InChI=1S/C33H36N4O6/c1-22(38)21-36(23(2)39)30-13-5-26(6-14-30)17-19-34-32(42)28-9-11-29(12-10-28)33(43)35-20-18-27-7-15-31(16-8-27)37(24(3)40)25(4)41/h5-16H,17-21H2,1-4H3,(H,34,42)(H,35,43). The highest BCUT2D eigenvalue weighted by molar-refractivity contribution is 6.13. The van der Waals surface area contributed by atoms with Crippen molar-refractivity contribution in [1.82, 2.24) is 10.6 Å². The number of carbonyl (C=O) groups excluding carboxylic acids is 6. The third-order valence-electron chi connectivity index (χ3n) is 6.64. The predicted octanol–water partition coefficient (Wildman–Crippen LogP) is 3.47. The normalized spacial score (nSPS) is 10.4. The van der Waals surface area contributed by atoms with E-state index in [2.05, 4.69) is 10.6 Å². The van der Waals surface area contributed by atoms with Gasteiger partial charge in [0.05, 0.1) is 12.2 Å². The van der Waals surface area contributed by atoms with E-state index in [1.54, 1.807) is 48.5 Å². The molecular weight excluding hydrogens is 548 g/mol. The predicted molar refractivity (Wildman–Crippen MR) is 164 cm³/mol. The van der Waals surface area contributed by atoms with Gasteiger partial charge in [0.1, 0.15) is 5.78 Å². The van der Waals surface area contributed by atoms with Crippen LogP contribution in [0, 0.1) is 0 Å². The summed E-state index contributed by atoms with van der Waals surface area (Å²) < 4.78 is 0. The Kier molecular flexibility index (Phi) is 11.5. The molecule has 0 heterocycles. The lowest BCUT2D eigenvalue weighted by Gasteiger charge is -2.20. The fourth-order valence-corrected chi connectivity index (χ4v) is 4.46. The van der Waals surface area contributed by atoms with E-state index in [9.17, 15) is 28.8 Å². The van der Waals surface area contributed by atoms with Crippen LogP contribution in [0.25, 0.3) is 0 Å². The van der Waals surface area contributed by atoms with E-state index in [0.717, 1.165) is 16.0 Å². The Labute approximate surface area is 251 Å². The van der Waals surface area contributed by atoms with E-state index in [1.165, 1.54) is 32.6 Å². The van der Waals surface area contributed by atoms with Crippen LogP contribution in [0.2, 0.25) is 0 Å². The maximum Gasteiger partial charge on any atom is 0.251 e. The number of imide groups is 1. The Bertz CT molecular complexity index is 1470. The minimum Gasteiger partial charge on any atom is -0.352 e. The third kappa shape index (κ3) is 9.46. The second-order valence-electron chi connectivity index (χ2n) is 10.1. The lowest BCUT2D eigenvalue weighted by molar-refractivity contribution is -0.124. The molecule has 5 amide bonds. The maximum absolute atomic E-state index is 12.6.